The molecule has 1 aliphatic rings. The molecule has 0 spiro atoms. The summed E-state index contributed by atoms with van der Waals surface area (Å²) >= 11 is 1.66. The highest BCUT2D eigenvalue weighted by Gasteiger charge is 2.41. The van der Waals surface area contributed by atoms with Gasteiger partial charge in [-0.1, -0.05) is 0 Å². The highest BCUT2D eigenvalue weighted by molar-refractivity contribution is 7.13. The van der Waals surface area contributed by atoms with Gasteiger partial charge in [0.25, 0.3) is 0 Å². The summed E-state index contributed by atoms with van der Waals surface area (Å²) < 4.78 is 5.26. The Hall–Kier alpha value is -1.17. The monoisotopic (exact) mass is 235 g/mol. The first-order valence-corrected chi connectivity index (χ1v) is 6.09. The van der Waals surface area contributed by atoms with Crippen LogP contribution < -0.4 is 5.73 Å². The van der Waals surface area contributed by atoms with E-state index in [0.29, 0.717) is 19.8 Å². The van der Waals surface area contributed by atoms with Crippen LogP contribution in [0.25, 0.3) is 10.6 Å². The van der Waals surface area contributed by atoms with Crippen molar-refractivity contribution in [3.05, 3.63) is 29.5 Å². The van der Waals surface area contributed by atoms with E-state index in [1.165, 1.54) is 0 Å². The number of nitrogens with zero attached hydrogens (tertiary/aromatic N) is 1. The second-order valence-electron chi connectivity index (χ2n) is 4.11. The van der Waals surface area contributed by atoms with E-state index in [2.05, 4.69) is 15.3 Å². The van der Waals surface area contributed by atoms with Crippen LogP contribution in [0.5, 0.6) is 0 Å². The molecule has 0 amide bonds. The number of aromatic nitrogens is 2. The Morgan fingerprint density at radius 3 is 3.00 bits per heavy atom. The smallest absolute Gasteiger partial charge is 0.125 e. The topological polar surface area (TPSA) is 63.9 Å². The van der Waals surface area contributed by atoms with Gasteiger partial charge in [-0.3, -0.25) is 0 Å². The molecule has 0 radical (unpaired) electrons. The van der Waals surface area contributed by atoms with Crippen LogP contribution in [0.2, 0.25) is 0 Å². The van der Waals surface area contributed by atoms with Crippen molar-refractivity contribution in [2.45, 2.75) is 5.41 Å². The molecule has 0 unspecified atom stereocenters. The van der Waals surface area contributed by atoms with Crippen LogP contribution in [0.3, 0.4) is 0 Å². The molecule has 1 saturated heterocycles. The fourth-order valence-corrected chi connectivity index (χ4v) is 2.77. The van der Waals surface area contributed by atoms with Gasteiger partial charge in [0.05, 0.1) is 24.3 Å². The maximum atomic E-state index is 5.81. The predicted octanol–water partition coefficient (Wildman–Crippen LogP) is 1.36. The minimum absolute atomic E-state index is 0.0366. The van der Waals surface area contributed by atoms with Crippen LogP contribution in [0.4, 0.5) is 0 Å². The van der Waals surface area contributed by atoms with E-state index in [1.54, 1.807) is 11.3 Å². The SMILES string of the molecule is NCC1(c2csc(-c3cc[nH]c3)n2)COC1. The van der Waals surface area contributed by atoms with Crippen molar-refractivity contribution in [3.63, 3.8) is 0 Å². The van der Waals surface area contributed by atoms with Gasteiger partial charge in [0.2, 0.25) is 0 Å². The molecule has 2 aromatic heterocycles. The van der Waals surface area contributed by atoms with E-state index in [9.17, 15) is 0 Å². The highest BCUT2D eigenvalue weighted by Crippen LogP contribution is 2.34. The van der Waals surface area contributed by atoms with E-state index in [1.807, 2.05) is 18.5 Å². The minimum atomic E-state index is -0.0366. The van der Waals surface area contributed by atoms with Crippen molar-refractivity contribution >= 4 is 11.3 Å². The molecule has 1 fully saturated rings. The van der Waals surface area contributed by atoms with Crippen molar-refractivity contribution in [2.24, 2.45) is 5.73 Å². The molecular formula is C11H13N3OS. The van der Waals surface area contributed by atoms with Crippen LogP contribution in [0.15, 0.2) is 23.8 Å². The molecule has 1 aliphatic heterocycles. The zero-order valence-electron chi connectivity index (χ0n) is 8.77. The lowest BCUT2D eigenvalue weighted by molar-refractivity contribution is -0.0568. The van der Waals surface area contributed by atoms with Crippen LogP contribution in [-0.2, 0) is 10.2 Å². The van der Waals surface area contributed by atoms with E-state index < -0.39 is 0 Å². The molecule has 3 N–H and O–H groups in total. The predicted molar refractivity (Wildman–Crippen MR) is 63.5 cm³/mol. The summed E-state index contributed by atoms with van der Waals surface area (Å²) in [6.07, 6.45) is 3.86. The lowest BCUT2D eigenvalue weighted by Crippen LogP contribution is -2.52. The first kappa shape index (κ1) is 10.0. The molecule has 3 heterocycles. The Balaban J connectivity index is 1.93. The third-order valence-electron chi connectivity index (χ3n) is 3.04. The van der Waals surface area contributed by atoms with Crippen molar-refractivity contribution in [2.75, 3.05) is 19.8 Å². The third kappa shape index (κ3) is 1.40. The molecule has 0 atom stereocenters. The second-order valence-corrected chi connectivity index (χ2v) is 4.97. The molecule has 0 saturated carbocycles. The largest absolute Gasteiger partial charge is 0.379 e. The van der Waals surface area contributed by atoms with Crippen molar-refractivity contribution in [1.29, 1.82) is 0 Å². The van der Waals surface area contributed by atoms with Gasteiger partial charge in [0.15, 0.2) is 0 Å². The Kier molecular flexibility index (Phi) is 2.31. The summed E-state index contributed by atoms with van der Waals surface area (Å²) in [5.41, 5.74) is 7.97. The number of ether oxygens (including phenoxy) is 1. The van der Waals surface area contributed by atoms with Gasteiger partial charge >= 0.3 is 0 Å². The maximum absolute atomic E-state index is 5.81. The number of nitrogens with two attached hydrogens (primary N) is 1. The third-order valence-corrected chi connectivity index (χ3v) is 3.93. The zero-order valence-corrected chi connectivity index (χ0v) is 9.59. The maximum Gasteiger partial charge on any atom is 0.125 e. The number of thiazole rings is 1. The van der Waals surface area contributed by atoms with Crippen LogP contribution in [0, 0.1) is 0 Å². The first-order valence-electron chi connectivity index (χ1n) is 5.21. The summed E-state index contributed by atoms with van der Waals surface area (Å²) in [6, 6.07) is 2.02. The van der Waals surface area contributed by atoms with Gasteiger partial charge in [-0.15, -0.1) is 11.3 Å². The number of hydrogen-bond donors (Lipinski definition) is 2. The van der Waals surface area contributed by atoms with Gasteiger partial charge in [-0.2, -0.15) is 0 Å². The summed E-state index contributed by atoms with van der Waals surface area (Å²) in [6.45, 7) is 1.99. The van der Waals surface area contributed by atoms with Gasteiger partial charge in [0.1, 0.15) is 5.01 Å². The Morgan fingerprint density at radius 2 is 2.44 bits per heavy atom. The minimum Gasteiger partial charge on any atom is -0.379 e. The summed E-state index contributed by atoms with van der Waals surface area (Å²) in [5, 5.41) is 3.13. The lowest BCUT2D eigenvalue weighted by atomic mass is 9.83. The number of rotatable bonds is 3. The first-order chi connectivity index (χ1) is 7.84. The van der Waals surface area contributed by atoms with E-state index in [-0.39, 0.29) is 5.41 Å². The average Bonchev–Trinajstić information content (AvgIpc) is 2.86. The van der Waals surface area contributed by atoms with Gasteiger partial charge in [-0.05, 0) is 6.07 Å². The zero-order chi connectivity index (χ0) is 11.0. The fraction of sp³-hybridized carbons (Fsp3) is 0.364. The van der Waals surface area contributed by atoms with E-state index in [4.69, 9.17) is 10.5 Å². The molecule has 0 bridgehead atoms. The molecule has 0 aromatic carbocycles. The number of H-pyrrole nitrogens is 1. The standard InChI is InChI=1S/C11H13N3OS/c12-5-11(6-15-7-11)9-4-16-10(14-9)8-1-2-13-3-8/h1-4,13H,5-7,12H2. The molecule has 0 aliphatic carbocycles. The molecule has 2 aromatic rings. The summed E-state index contributed by atoms with van der Waals surface area (Å²) in [4.78, 5) is 7.69. The normalized spacial score (nSPS) is 18.3. The number of nitrogens with one attached hydrogen (secondary N) is 1. The average molecular weight is 235 g/mol. The van der Waals surface area contributed by atoms with Crippen LogP contribution in [0.1, 0.15) is 5.69 Å². The van der Waals surface area contributed by atoms with Gasteiger partial charge in [-0.25, -0.2) is 4.98 Å². The fourth-order valence-electron chi connectivity index (χ4n) is 1.83. The summed E-state index contributed by atoms with van der Waals surface area (Å²) in [7, 11) is 0. The lowest BCUT2D eigenvalue weighted by Gasteiger charge is -2.39. The quantitative estimate of drug-likeness (QED) is 0.844. The number of hydrogen-bond acceptors (Lipinski definition) is 4. The Bertz CT molecular complexity index is 468. The van der Waals surface area contributed by atoms with Crippen molar-refractivity contribution < 1.29 is 4.74 Å². The van der Waals surface area contributed by atoms with Gasteiger partial charge < -0.3 is 15.5 Å². The molecule has 3 rings (SSSR count). The van der Waals surface area contributed by atoms with Gasteiger partial charge in [0, 0.05) is 29.9 Å². The molecule has 4 nitrogen and oxygen atoms in total. The van der Waals surface area contributed by atoms with Crippen LogP contribution in [-0.4, -0.2) is 29.7 Å². The molecular weight excluding hydrogens is 222 g/mol. The van der Waals surface area contributed by atoms with E-state index in [0.717, 1.165) is 16.3 Å². The Labute approximate surface area is 97.5 Å². The number of aromatic amines is 1. The highest BCUT2D eigenvalue weighted by atomic mass is 32.1. The summed E-state index contributed by atoms with van der Waals surface area (Å²) in [5.74, 6) is 0. The van der Waals surface area contributed by atoms with E-state index >= 15 is 0 Å². The van der Waals surface area contributed by atoms with Crippen molar-refractivity contribution in [3.8, 4) is 10.6 Å². The van der Waals surface area contributed by atoms with Crippen molar-refractivity contribution in [1.82, 2.24) is 9.97 Å². The molecule has 16 heavy (non-hydrogen) atoms. The second kappa shape index (κ2) is 3.69. The molecule has 5 heteroatoms. The van der Waals surface area contributed by atoms with Crippen LogP contribution >= 0.6 is 11.3 Å². The Morgan fingerprint density at radius 1 is 1.56 bits per heavy atom. The molecule has 84 valence electrons.